The number of amides is 2. The summed E-state index contributed by atoms with van der Waals surface area (Å²) in [6.45, 7) is 2.53. The van der Waals surface area contributed by atoms with E-state index in [0.29, 0.717) is 6.04 Å². The molecule has 2 saturated heterocycles. The first kappa shape index (κ1) is 12.9. The molecule has 2 heterocycles. The van der Waals surface area contributed by atoms with E-state index in [1.807, 2.05) is 4.90 Å². The topological polar surface area (TPSA) is 61.4 Å². The third-order valence-electron chi connectivity index (χ3n) is 4.41. The molecule has 1 aliphatic carbocycles. The Balaban J connectivity index is 1.60. The third kappa shape index (κ3) is 2.91. The number of hydrogen-bond donors (Lipinski definition) is 2. The van der Waals surface area contributed by atoms with Gasteiger partial charge in [-0.05, 0) is 45.1 Å². The van der Waals surface area contributed by atoms with Crippen LogP contribution in [0.4, 0.5) is 0 Å². The van der Waals surface area contributed by atoms with E-state index >= 15 is 0 Å². The van der Waals surface area contributed by atoms with Gasteiger partial charge in [0.05, 0.1) is 5.92 Å². The maximum atomic E-state index is 12.5. The fourth-order valence-corrected chi connectivity index (χ4v) is 3.13. The standard InChI is InChI=1S/C14H23N3O2/c18-13(16-11-5-6-11)12-4-2-8-17(12)14(19)10-3-1-7-15-9-10/h10-12,15H,1-9H2,(H,16,18). The van der Waals surface area contributed by atoms with Crippen LogP contribution in [0.5, 0.6) is 0 Å². The minimum Gasteiger partial charge on any atom is -0.352 e. The van der Waals surface area contributed by atoms with Gasteiger partial charge in [0, 0.05) is 19.1 Å². The maximum absolute atomic E-state index is 12.5. The van der Waals surface area contributed by atoms with Gasteiger partial charge in [0.25, 0.3) is 0 Å². The second kappa shape index (κ2) is 5.49. The SMILES string of the molecule is O=C(NC1CC1)C1CCCN1C(=O)C1CCCNC1. The van der Waals surface area contributed by atoms with Gasteiger partial charge in [0.2, 0.25) is 11.8 Å². The Morgan fingerprint density at radius 2 is 1.95 bits per heavy atom. The number of hydrogen-bond acceptors (Lipinski definition) is 3. The van der Waals surface area contributed by atoms with Crippen molar-refractivity contribution >= 4 is 11.8 Å². The van der Waals surface area contributed by atoms with E-state index < -0.39 is 0 Å². The Bertz CT molecular complexity index is 362. The van der Waals surface area contributed by atoms with E-state index in [-0.39, 0.29) is 23.8 Å². The highest BCUT2D eigenvalue weighted by atomic mass is 16.2. The van der Waals surface area contributed by atoms with E-state index in [0.717, 1.165) is 58.2 Å². The summed E-state index contributed by atoms with van der Waals surface area (Å²) in [7, 11) is 0. The van der Waals surface area contributed by atoms with Crippen LogP contribution in [0, 0.1) is 5.92 Å². The molecular weight excluding hydrogens is 242 g/mol. The number of likely N-dealkylation sites (tertiary alicyclic amines) is 1. The van der Waals surface area contributed by atoms with Gasteiger partial charge >= 0.3 is 0 Å². The van der Waals surface area contributed by atoms with Crippen molar-refractivity contribution in [1.29, 1.82) is 0 Å². The summed E-state index contributed by atoms with van der Waals surface area (Å²) < 4.78 is 0. The van der Waals surface area contributed by atoms with Crippen LogP contribution >= 0.6 is 0 Å². The summed E-state index contributed by atoms with van der Waals surface area (Å²) >= 11 is 0. The van der Waals surface area contributed by atoms with E-state index in [2.05, 4.69) is 10.6 Å². The Kier molecular flexibility index (Phi) is 3.73. The molecule has 5 heteroatoms. The largest absolute Gasteiger partial charge is 0.352 e. The lowest BCUT2D eigenvalue weighted by Gasteiger charge is -2.30. The first-order chi connectivity index (χ1) is 9.25. The molecule has 2 atom stereocenters. The number of piperidine rings is 1. The molecule has 0 aromatic heterocycles. The van der Waals surface area contributed by atoms with Gasteiger partial charge < -0.3 is 15.5 Å². The molecule has 2 N–H and O–H groups in total. The summed E-state index contributed by atoms with van der Waals surface area (Å²) in [6.07, 6.45) is 5.99. The predicted molar refractivity (Wildman–Crippen MR) is 71.5 cm³/mol. The van der Waals surface area contributed by atoms with Crippen LogP contribution in [0.3, 0.4) is 0 Å². The van der Waals surface area contributed by atoms with Crippen molar-refractivity contribution in [3.05, 3.63) is 0 Å². The predicted octanol–water partition coefficient (Wildman–Crippen LogP) is 0.256. The van der Waals surface area contributed by atoms with Crippen LogP contribution in [0.25, 0.3) is 0 Å². The van der Waals surface area contributed by atoms with Crippen LogP contribution in [-0.4, -0.2) is 48.4 Å². The zero-order valence-corrected chi connectivity index (χ0v) is 11.4. The van der Waals surface area contributed by atoms with Crippen LogP contribution in [0.2, 0.25) is 0 Å². The van der Waals surface area contributed by atoms with Crippen LogP contribution < -0.4 is 10.6 Å². The summed E-state index contributed by atoms with van der Waals surface area (Å²) in [5.74, 6) is 0.320. The molecule has 0 bridgehead atoms. The smallest absolute Gasteiger partial charge is 0.243 e. The molecule has 106 valence electrons. The van der Waals surface area contributed by atoms with Crippen molar-refractivity contribution in [2.75, 3.05) is 19.6 Å². The Labute approximate surface area is 114 Å². The average molecular weight is 265 g/mol. The van der Waals surface area contributed by atoms with Gasteiger partial charge in [-0.1, -0.05) is 0 Å². The molecule has 2 aliphatic heterocycles. The minimum atomic E-state index is -0.213. The molecule has 3 fully saturated rings. The highest BCUT2D eigenvalue weighted by molar-refractivity contribution is 5.89. The monoisotopic (exact) mass is 265 g/mol. The molecule has 19 heavy (non-hydrogen) atoms. The quantitative estimate of drug-likeness (QED) is 0.769. The molecule has 0 spiro atoms. The lowest BCUT2D eigenvalue weighted by atomic mass is 9.97. The van der Waals surface area contributed by atoms with E-state index in [9.17, 15) is 9.59 Å². The molecule has 1 saturated carbocycles. The van der Waals surface area contributed by atoms with Crippen LogP contribution in [0.1, 0.15) is 38.5 Å². The third-order valence-corrected chi connectivity index (χ3v) is 4.41. The molecular formula is C14H23N3O2. The molecule has 3 rings (SSSR count). The number of nitrogens with zero attached hydrogens (tertiary/aromatic N) is 1. The van der Waals surface area contributed by atoms with Gasteiger partial charge in [-0.3, -0.25) is 9.59 Å². The number of rotatable bonds is 3. The fraction of sp³-hybridized carbons (Fsp3) is 0.857. The first-order valence-corrected chi connectivity index (χ1v) is 7.57. The second-order valence-electron chi connectivity index (χ2n) is 6.02. The van der Waals surface area contributed by atoms with Gasteiger partial charge in [0.1, 0.15) is 6.04 Å². The summed E-state index contributed by atoms with van der Waals surface area (Å²) in [4.78, 5) is 26.5. The van der Waals surface area contributed by atoms with Crippen LogP contribution in [0.15, 0.2) is 0 Å². The Morgan fingerprint density at radius 1 is 1.11 bits per heavy atom. The molecule has 5 nitrogen and oxygen atoms in total. The van der Waals surface area contributed by atoms with E-state index in [1.165, 1.54) is 0 Å². The van der Waals surface area contributed by atoms with Crippen LogP contribution in [-0.2, 0) is 9.59 Å². The van der Waals surface area contributed by atoms with E-state index in [4.69, 9.17) is 0 Å². The highest BCUT2D eigenvalue weighted by Gasteiger charge is 2.38. The Hall–Kier alpha value is -1.10. The minimum absolute atomic E-state index is 0.0668. The lowest BCUT2D eigenvalue weighted by molar-refractivity contribution is -0.142. The van der Waals surface area contributed by atoms with Gasteiger partial charge in [-0.15, -0.1) is 0 Å². The van der Waals surface area contributed by atoms with Crippen molar-refractivity contribution in [2.45, 2.75) is 50.6 Å². The van der Waals surface area contributed by atoms with Crippen molar-refractivity contribution in [3.8, 4) is 0 Å². The first-order valence-electron chi connectivity index (χ1n) is 7.57. The highest BCUT2D eigenvalue weighted by Crippen LogP contribution is 2.25. The zero-order valence-electron chi connectivity index (χ0n) is 11.4. The molecule has 0 aromatic carbocycles. The number of nitrogens with one attached hydrogen (secondary N) is 2. The Morgan fingerprint density at radius 3 is 2.63 bits per heavy atom. The normalized spacial score (nSPS) is 31.3. The molecule has 3 aliphatic rings. The summed E-state index contributed by atoms with van der Waals surface area (Å²) in [5.41, 5.74) is 0. The number of carbonyl (C=O) groups is 2. The molecule has 0 aromatic rings. The van der Waals surface area contributed by atoms with Crippen molar-refractivity contribution in [3.63, 3.8) is 0 Å². The molecule has 2 unspecified atom stereocenters. The van der Waals surface area contributed by atoms with E-state index in [1.54, 1.807) is 0 Å². The molecule has 2 amide bonds. The van der Waals surface area contributed by atoms with Gasteiger partial charge in [-0.25, -0.2) is 0 Å². The lowest BCUT2D eigenvalue weighted by Crippen LogP contribution is -2.50. The van der Waals surface area contributed by atoms with Crippen molar-refractivity contribution in [2.24, 2.45) is 5.92 Å². The summed E-state index contributed by atoms with van der Waals surface area (Å²) in [6, 6.07) is 0.163. The average Bonchev–Trinajstić information content (AvgIpc) is 3.11. The maximum Gasteiger partial charge on any atom is 0.243 e. The number of carbonyl (C=O) groups excluding carboxylic acids is 2. The zero-order chi connectivity index (χ0) is 13.2. The van der Waals surface area contributed by atoms with Crippen molar-refractivity contribution in [1.82, 2.24) is 15.5 Å². The van der Waals surface area contributed by atoms with Crippen molar-refractivity contribution < 1.29 is 9.59 Å². The second-order valence-corrected chi connectivity index (χ2v) is 6.02. The summed E-state index contributed by atoms with van der Waals surface area (Å²) in [5, 5.41) is 6.31. The fourth-order valence-electron chi connectivity index (χ4n) is 3.13. The molecule has 0 radical (unpaired) electrons. The van der Waals surface area contributed by atoms with Gasteiger partial charge in [0.15, 0.2) is 0 Å². The van der Waals surface area contributed by atoms with Gasteiger partial charge in [-0.2, -0.15) is 0 Å².